The number of halogens is 1. The minimum absolute atomic E-state index is 0.0186. The highest BCUT2D eigenvalue weighted by atomic mass is 35.5. The highest BCUT2D eigenvalue weighted by Crippen LogP contribution is 2.24. The van der Waals surface area contributed by atoms with Crippen LogP contribution in [0.15, 0.2) is 48.5 Å². The van der Waals surface area contributed by atoms with Crippen LogP contribution in [0.5, 0.6) is 5.75 Å². The maximum atomic E-state index is 6.21. The fourth-order valence-corrected chi connectivity index (χ4v) is 2.39. The van der Waals surface area contributed by atoms with E-state index in [2.05, 4.69) is 12.3 Å². The maximum Gasteiger partial charge on any atom is 0.119 e. The van der Waals surface area contributed by atoms with Gasteiger partial charge in [0.1, 0.15) is 5.75 Å². The zero-order valence-corrected chi connectivity index (χ0v) is 12.9. The van der Waals surface area contributed by atoms with Crippen molar-refractivity contribution >= 4 is 11.6 Å². The fraction of sp³-hybridized carbons (Fsp3) is 0.294. The Hall–Kier alpha value is -1.55. The summed E-state index contributed by atoms with van der Waals surface area (Å²) < 4.78 is 5.59. The van der Waals surface area contributed by atoms with E-state index < -0.39 is 0 Å². The van der Waals surface area contributed by atoms with Crippen LogP contribution in [0.1, 0.15) is 30.5 Å². The van der Waals surface area contributed by atoms with Crippen LogP contribution < -0.4 is 16.0 Å². The second kappa shape index (κ2) is 8.03. The summed E-state index contributed by atoms with van der Waals surface area (Å²) in [7, 11) is 0. The van der Waals surface area contributed by atoms with Crippen molar-refractivity contribution in [3.8, 4) is 5.75 Å². The molecule has 0 bridgehead atoms. The molecule has 0 radical (unpaired) electrons. The average molecular weight is 305 g/mol. The van der Waals surface area contributed by atoms with Crippen LogP contribution in [0.25, 0.3) is 0 Å². The number of nitrogens with two attached hydrogens (primary N) is 1. The van der Waals surface area contributed by atoms with Crippen LogP contribution in [0.3, 0.4) is 0 Å². The van der Waals surface area contributed by atoms with Gasteiger partial charge in [0.05, 0.1) is 12.6 Å². The van der Waals surface area contributed by atoms with Gasteiger partial charge in [-0.1, -0.05) is 48.9 Å². The van der Waals surface area contributed by atoms with E-state index in [-0.39, 0.29) is 6.04 Å². The summed E-state index contributed by atoms with van der Waals surface area (Å²) in [6.45, 7) is 2.82. The molecule has 21 heavy (non-hydrogen) atoms. The second-order valence-corrected chi connectivity index (χ2v) is 5.34. The zero-order valence-electron chi connectivity index (χ0n) is 12.2. The van der Waals surface area contributed by atoms with Gasteiger partial charge in [0, 0.05) is 5.02 Å². The van der Waals surface area contributed by atoms with E-state index in [9.17, 15) is 0 Å². The molecule has 0 spiro atoms. The van der Waals surface area contributed by atoms with Gasteiger partial charge in [-0.2, -0.15) is 0 Å². The number of hydrazine groups is 1. The molecular formula is C17H21ClN2O. The minimum Gasteiger partial charge on any atom is -0.494 e. The number of benzene rings is 2. The topological polar surface area (TPSA) is 47.3 Å². The Bertz CT molecular complexity index is 557. The van der Waals surface area contributed by atoms with Gasteiger partial charge in [-0.3, -0.25) is 11.3 Å². The van der Waals surface area contributed by atoms with Crippen molar-refractivity contribution in [2.45, 2.75) is 25.8 Å². The average Bonchev–Trinajstić information content (AvgIpc) is 2.53. The van der Waals surface area contributed by atoms with E-state index in [1.54, 1.807) is 0 Å². The summed E-state index contributed by atoms with van der Waals surface area (Å²) in [4.78, 5) is 0. The first-order valence-corrected chi connectivity index (χ1v) is 7.54. The van der Waals surface area contributed by atoms with E-state index in [0.29, 0.717) is 0 Å². The van der Waals surface area contributed by atoms with Crippen LogP contribution in [-0.4, -0.2) is 6.61 Å². The molecule has 0 heterocycles. The van der Waals surface area contributed by atoms with Gasteiger partial charge in [0.25, 0.3) is 0 Å². The molecule has 0 aliphatic rings. The molecule has 1 atom stereocenters. The predicted molar refractivity (Wildman–Crippen MR) is 87.4 cm³/mol. The normalized spacial score (nSPS) is 12.1. The van der Waals surface area contributed by atoms with Crippen LogP contribution in [0.4, 0.5) is 0 Å². The smallest absolute Gasteiger partial charge is 0.119 e. The van der Waals surface area contributed by atoms with Crippen molar-refractivity contribution in [1.29, 1.82) is 0 Å². The monoisotopic (exact) mass is 304 g/mol. The molecule has 0 aliphatic carbocycles. The van der Waals surface area contributed by atoms with Gasteiger partial charge in [0.15, 0.2) is 0 Å². The molecule has 2 rings (SSSR count). The highest BCUT2D eigenvalue weighted by molar-refractivity contribution is 6.31. The summed E-state index contributed by atoms with van der Waals surface area (Å²) >= 11 is 6.21. The molecule has 112 valence electrons. The van der Waals surface area contributed by atoms with Crippen LogP contribution in [0.2, 0.25) is 5.02 Å². The molecule has 0 amide bonds. The largest absolute Gasteiger partial charge is 0.494 e. The van der Waals surface area contributed by atoms with Crippen LogP contribution in [0, 0.1) is 0 Å². The van der Waals surface area contributed by atoms with Gasteiger partial charge in [-0.05, 0) is 42.2 Å². The number of hydrogen-bond donors (Lipinski definition) is 2. The number of ether oxygens (including phenoxy) is 1. The molecule has 0 aliphatic heterocycles. The zero-order chi connectivity index (χ0) is 15.1. The molecule has 0 fully saturated rings. The maximum absolute atomic E-state index is 6.21. The lowest BCUT2D eigenvalue weighted by Crippen LogP contribution is -2.29. The van der Waals surface area contributed by atoms with Gasteiger partial charge in [0.2, 0.25) is 0 Å². The summed E-state index contributed by atoms with van der Waals surface area (Å²) in [5.41, 5.74) is 5.05. The molecule has 0 saturated carbocycles. The summed E-state index contributed by atoms with van der Waals surface area (Å²) in [5.74, 6) is 6.58. The lowest BCUT2D eigenvalue weighted by Gasteiger charge is -2.17. The van der Waals surface area contributed by atoms with Gasteiger partial charge >= 0.3 is 0 Å². The van der Waals surface area contributed by atoms with Crippen LogP contribution >= 0.6 is 11.6 Å². The van der Waals surface area contributed by atoms with Crippen molar-refractivity contribution in [3.63, 3.8) is 0 Å². The molecular weight excluding hydrogens is 284 g/mol. The van der Waals surface area contributed by atoms with E-state index in [1.165, 1.54) is 0 Å². The Labute approximate surface area is 131 Å². The van der Waals surface area contributed by atoms with Gasteiger partial charge in [-0.15, -0.1) is 0 Å². The summed E-state index contributed by atoms with van der Waals surface area (Å²) in [6, 6.07) is 15.9. The summed E-state index contributed by atoms with van der Waals surface area (Å²) in [5, 5.41) is 0.764. The Morgan fingerprint density at radius 3 is 2.48 bits per heavy atom. The molecule has 3 N–H and O–H groups in total. The second-order valence-electron chi connectivity index (χ2n) is 4.93. The van der Waals surface area contributed by atoms with E-state index in [4.69, 9.17) is 22.2 Å². The molecule has 0 aromatic heterocycles. The molecule has 2 aromatic rings. The number of nitrogens with one attached hydrogen (secondary N) is 1. The third-order valence-corrected chi connectivity index (χ3v) is 3.71. The Balaban J connectivity index is 2.08. The first-order valence-electron chi connectivity index (χ1n) is 7.17. The lowest BCUT2D eigenvalue weighted by atomic mass is 9.99. The molecule has 3 nitrogen and oxygen atoms in total. The van der Waals surface area contributed by atoms with Gasteiger partial charge in [-0.25, -0.2) is 0 Å². The Morgan fingerprint density at radius 2 is 1.86 bits per heavy atom. The quantitative estimate of drug-likeness (QED) is 0.603. The van der Waals surface area contributed by atoms with Crippen molar-refractivity contribution in [2.24, 2.45) is 5.84 Å². The first kappa shape index (κ1) is 15.8. The van der Waals surface area contributed by atoms with Gasteiger partial charge < -0.3 is 4.74 Å². The minimum atomic E-state index is 0.0186. The highest BCUT2D eigenvalue weighted by Gasteiger charge is 2.12. The van der Waals surface area contributed by atoms with E-state index >= 15 is 0 Å². The van der Waals surface area contributed by atoms with E-state index in [1.807, 2.05) is 48.5 Å². The first-order chi connectivity index (χ1) is 10.2. The van der Waals surface area contributed by atoms with Crippen molar-refractivity contribution < 1.29 is 4.74 Å². The predicted octanol–water partition coefficient (Wildman–Crippen LogP) is 3.88. The van der Waals surface area contributed by atoms with Crippen molar-refractivity contribution in [1.82, 2.24) is 5.43 Å². The third kappa shape index (κ3) is 4.46. The standard InChI is InChI=1S/C17H21ClN2O/c1-2-11-21-15-9-7-13(8-10-15)17(20-19)12-14-5-3-4-6-16(14)18/h3-10,17,20H,2,11-12,19H2,1H3. The molecule has 0 saturated heterocycles. The Morgan fingerprint density at radius 1 is 1.14 bits per heavy atom. The number of rotatable bonds is 7. The summed E-state index contributed by atoms with van der Waals surface area (Å²) in [6.07, 6.45) is 1.74. The molecule has 4 heteroatoms. The van der Waals surface area contributed by atoms with E-state index in [0.717, 1.165) is 41.3 Å². The molecule has 2 aromatic carbocycles. The SMILES string of the molecule is CCCOc1ccc(C(Cc2ccccc2Cl)NN)cc1. The number of hydrogen-bond acceptors (Lipinski definition) is 3. The molecule has 1 unspecified atom stereocenters. The van der Waals surface area contributed by atoms with Crippen molar-refractivity contribution in [3.05, 3.63) is 64.7 Å². The lowest BCUT2D eigenvalue weighted by molar-refractivity contribution is 0.317. The fourth-order valence-electron chi connectivity index (χ4n) is 2.17. The van der Waals surface area contributed by atoms with Crippen LogP contribution in [-0.2, 0) is 6.42 Å². The van der Waals surface area contributed by atoms with Crippen molar-refractivity contribution in [2.75, 3.05) is 6.61 Å². The third-order valence-electron chi connectivity index (χ3n) is 3.34. The Kier molecular flexibility index (Phi) is 6.05.